The summed E-state index contributed by atoms with van der Waals surface area (Å²) >= 11 is 0. The number of likely N-dealkylation sites (tertiary alicyclic amines) is 1. The van der Waals surface area contributed by atoms with E-state index in [-0.39, 0.29) is 5.91 Å². The van der Waals surface area contributed by atoms with Gasteiger partial charge in [-0.1, -0.05) is 11.6 Å². The van der Waals surface area contributed by atoms with Gasteiger partial charge in [-0.15, -0.1) is 0 Å². The van der Waals surface area contributed by atoms with E-state index in [1.807, 2.05) is 30.0 Å². The molecule has 0 spiro atoms. The number of benzene rings is 1. The van der Waals surface area contributed by atoms with Crippen LogP contribution >= 0.6 is 0 Å². The summed E-state index contributed by atoms with van der Waals surface area (Å²) in [5.74, 6) is 0.625. The van der Waals surface area contributed by atoms with E-state index in [2.05, 4.69) is 0 Å². The highest BCUT2D eigenvalue weighted by molar-refractivity contribution is 5.81. The number of carbonyl (C=O) groups excluding carboxylic acids is 1. The van der Waals surface area contributed by atoms with E-state index in [9.17, 15) is 9.90 Å². The van der Waals surface area contributed by atoms with Crippen molar-refractivity contribution in [2.45, 2.75) is 52.2 Å². The number of carbonyl (C=O) groups is 1. The van der Waals surface area contributed by atoms with Crippen LogP contribution in [0.25, 0.3) is 0 Å². The molecular weight excluding hydrogens is 266 g/mol. The Morgan fingerprint density at radius 3 is 2.52 bits per heavy atom. The molecule has 1 aliphatic rings. The van der Waals surface area contributed by atoms with Crippen LogP contribution in [0, 0.1) is 6.92 Å². The van der Waals surface area contributed by atoms with Crippen molar-refractivity contribution in [3.8, 4) is 5.75 Å². The second kappa shape index (κ2) is 6.94. The zero-order chi connectivity index (χ0) is 15.4. The summed E-state index contributed by atoms with van der Waals surface area (Å²) in [4.78, 5) is 14.3. The lowest BCUT2D eigenvalue weighted by atomic mass is 10.1. The van der Waals surface area contributed by atoms with Crippen LogP contribution in [0.5, 0.6) is 5.75 Å². The van der Waals surface area contributed by atoms with Crippen molar-refractivity contribution in [2.75, 3.05) is 13.1 Å². The van der Waals surface area contributed by atoms with Crippen molar-refractivity contribution >= 4 is 5.91 Å². The van der Waals surface area contributed by atoms with E-state index in [4.69, 9.17) is 4.74 Å². The number of amides is 1. The fourth-order valence-electron chi connectivity index (χ4n) is 2.71. The number of aliphatic hydroxyl groups excluding tert-OH is 1. The molecule has 0 radical (unpaired) electrons. The van der Waals surface area contributed by atoms with Gasteiger partial charge in [0.2, 0.25) is 0 Å². The molecule has 1 heterocycles. The number of rotatable bonds is 4. The van der Waals surface area contributed by atoms with Gasteiger partial charge in [0, 0.05) is 18.7 Å². The van der Waals surface area contributed by atoms with Gasteiger partial charge in [0.05, 0.1) is 6.10 Å². The molecule has 1 aromatic rings. The standard InChI is InChI=1S/C17H25NO3/c1-12-7-8-16(15(11-12)13(2)19)21-14(3)17(20)18-9-5-4-6-10-18/h7-8,11,13-14,19H,4-6,9-10H2,1-3H3/t13-,14?/m1/s1. The second-order valence-corrected chi connectivity index (χ2v) is 5.86. The molecule has 2 atom stereocenters. The van der Waals surface area contributed by atoms with Crippen LogP contribution in [-0.4, -0.2) is 35.1 Å². The topological polar surface area (TPSA) is 49.8 Å². The Morgan fingerprint density at radius 1 is 1.24 bits per heavy atom. The number of ether oxygens (including phenoxy) is 1. The van der Waals surface area contributed by atoms with Gasteiger partial charge >= 0.3 is 0 Å². The largest absolute Gasteiger partial charge is 0.481 e. The van der Waals surface area contributed by atoms with E-state index in [1.54, 1.807) is 13.8 Å². The summed E-state index contributed by atoms with van der Waals surface area (Å²) in [6, 6.07) is 5.66. The summed E-state index contributed by atoms with van der Waals surface area (Å²) in [6.07, 6.45) is 2.20. The third kappa shape index (κ3) is 3.97. The molecule has 116 valence electrons. The van der Waals surface area contributed by atoms with Gasteiger partial charge in [-0.05, 0) is 52.2 Å². The molecule has 1 aromatic carbocycles. The Labute approximate surface area is 126 Å². The third-order valence-corrected chi connectivity index (χ3v) is 3.93. The van der Waals surface area contributed by atoms with Gasteiger partial charge in [0.25, 0.3) is 5.91 Å². The Bertz CT molecular complexity index is 493. The van der Waals surface area contributed by atoms with Crippen molar-refractivity contribution in [3.05, 3.63) is 29.3 Å². The van der Waals surface area contributed by atoms with Crippen LogP contribution in [0.2, 0.25) is 0 Å². The highest BCUT2D eigenvalue weighted by Gasteiger charge is 2.24. The van der Waals surface area contributed by atoms with Crippen molar-refractivity contribution in [1.29, 1.82) is 0 Å². The van der Waals surface area contributed by atoms with Crippen LogP contribution in [0.3, 0.4) is 0 Å². The molecule has 1 fully saturated rings. The second-order valence-electron chi connectivity index (χ2n) is 5.86. The van der Waals surface area contributed by atoms with Crippen LogP contribution in [0.15, 0.2) is 18.2 Å². The van der Waals surface area contributed by atoms with E-state index < -0.39 is 12.2 Å². The molecule has 0 saturated carbocycles. The van der Waals surface area contributed by atoms with Crippen LogP contribution in [-0.2, 0) is 4.79 Å². The van der Waals surface area contributed by atoms with Crippen molar-refractivity contribution in [3.63, 3.8) is 0 Å². The van der Waals surface area contributed by atoms with Crippen molar-refractivity contribution < 1.29 is 14.6 Å². The maximum absolute atomic E-state index is 12.4. The summed E-state index contributed by atoms with van der Waals surface area (Å²) in [7, 11) is 0. The van der Waals surface area contributed by atoms with Gasteiger partial charge < -0.3 is 14.7 Å². The fourth-order valence-corrected chi connectivity index (χ4v) is 2.71. The first kappa shape index (κ1) is 15.8. The lowest BCUT2D eigenvalue weighted by molar-refractivity contribution is -0.138. The summed E-state index contributed by atoms with van der Waals surface area (Å²) in [5.41, 5.74) is 1.79. The first-order valence-electron chi connectivity index (χ1n) is 7.73. The van der Waals surface area contributed by atoms with Crippen LogP contribution in [0.4, 0.5) is 0 Å². The number of aliphatic hydroxyl groups is 1. The molecule has 4 nitrogen and oxygen atoms in total. The van der Waals surface area contributed by atoms with Crippen molar-refractivity contribution in [2.24, 2.45) is 0 Å². The summed E-state index contributed by atoms with van der Waals surface area (Å²) in [6.45, 7) is 7.10. The molecule has 1 saturated heterocycles. The Balaban J connectivity index is 2.08. The monoisotopic (exact) mass is 291 g/mol. The average Bonchev–Trinajstić information content (AvgIpc) is 2.49. The SMILES string of the molecule is Cc1ccc(OC(C)C(=O)N2CCCCC2)c([C@@H](C)O)c1. The molecule has 1 unspecified atom stereocenters. The first-order chi connectivity index (χ1) is 9.99. The zero-order valence-corrected chi connectivity index (χ0v) is 13.1. The highest BCUT2D eigenvalue weighted by Crippen LogP contribution is 2.27. The minimum atomic E-state index is -0.614. The quantitative estimate of drug-likeness (QED) is 0.928. The van der Waals surface area contributed by atoms with Gasteiger partial charge in [0.1, 0.15) is 5.75 Å². The maximum atomic E-state index is 12.4. The number of hydrogen-bond donors (Lipinski definition) is 1. The van der Waals surface area contributed by atoms with E-state index in [0.29, 0.717) is 5.75 Å². The normalized spacial score (nSPS) is 18.2. The smallest absolute Gasteiger partial charge is 0.263 e. The lowest BCUT2D eigenvalue weighted by Crippen LogP contribution is -2.43. The predicted octanol–water partition coefficient (Wildman–Crippen LogP) is 2.83. The lowest BCUT2D eigenvalue weighted by Gasteiger charge is -2.29. The van der Waals surface area contributed by atoms with Crippen molar-refractivity contribution in [1.82, 2.24) is 4.90 Å². The number of nitrogens with zero attached hydrogens (tertiary/aromatic N) is 1. The summed E-state index contributed by atoms with van der Waals surface area (Å²) < 4.78 is 5.83. The van der Waals surface area contributed by atoms with Gasteiger partial charge in [0.15, 0.2) is 6.10 Å². The zero-order valence-electron chi connectivity index (χ0n) is 13.1. The van der Waals surface area contributed by atoms with Gasteiger partial charge in [-0.25, -0.2) is 0 Å². The predicted molar refractivity (Wildman–Crippen MR) is 82.3 cm³/mol. The van der Waals surface area contributed by atoms with E-state index >= 15 is 0 Å². The number of hydrogen-bond acceptors (Lipinski definition) is 3. The Kier molecular flexibility index (Phi) is 5.23. The molecular formula is C17H25NO3. The third-order valence-electron chi connectivity index (χ3n) is 3.93. The van der Waals surface area contributed by atoms with Gasteiger partial charge in [-0.2, -0.15) is 0 Å². The van der Waals surface area contributed by atoms with E-state index in [0.717, 1.165) is 37.1 Å². The highest BCUT2D eigenvalue weighted by atomic mass is 16.5. The van der Waals surface area contributed by atoms with Crippen LogP contribution < -0.4 is 4.74 Å². The molecule has 1 aliphatic heterocycles. The molecule has 2 rings (SSSR count). The molecule has 1 N–H and O–H groups in total. The molecule has 0 bridgehead atoms. The molecule has 0 aromatic heterocycles. The molecule has 21 heavy (non-hydrogen) atoms. The van der Waals surface area contributed by atoms with E-state index in [1.165, 1.54) is 6.42 Å². The Morgan fingerprint density at radius 2 is 1.90 bits per heavy atom. The minimum Gasteiger partial charge on any atom is -0.481 e. The summed E-state index contributed by atoms with van der Waals surface area (Å²) in [5, 5.41) is 9.85. The average molecular weight is 291 g/mol. The fraction of sp³-hybridized carbons (Fsp3) is 0.588. The Hall–Kier alpha value is -1.55. The van der Waals surface area contributed by atoms with Crippen LogP contribution in [0.1, 0.15) is 50.3 Å². The molecule has 0 aliphatic carbocycles. The number of piperidine rings is 1. The molecule has 1 amide bonds. The maximum Gasteiger partial charge on any atom is 0.263 e. The first-order valence-corrected chi connectivity index (χ1v) is 7.73. The minimum absolute atomic E-state index is 0.0341. The molecule has 4 heteroatoms. The van der Waals surface area contributed by atoms with Gasteiger partial charge in [-0.3, -0.25) is 4.79 Å². The number of aryl methyl sites for hydroxylation is 1.